The van der Waals surface area contributed by atoms with Crippen LogP contribution < -0.4 is 11.1 Å². The molecule has 0 spiro atoms. The molecule has 1 amide bonds. The number of nitrogens with two attached hydrogens (primary N) is 1. The number of alkyl carbamates (subject to hydrolysis) is 1. The van der Waals surface area contributed by atoms with Gasteiger partial charge in [0, 0.05) is 12.2 Å². The van der Waals surface area contributed by atoms with Crippen molar-refractivity contribution in [1.29, 1.82) is 0 Å². The lowest BCUT2D eigenvalue weighted by Crippen LogP contribution is -2.41. The molecule has 3 N–H and O–H groups in total. The maximum Gasteiger partial charge on any atom is 0.492 e. The molecule has 0 saturated carbocycles. The van der Waals surface area contributed by atoms with Crippen LogP contribution in [-0.2, 0) is 14.0 Å². The first-order valence-corrected chi connectivity index (χ1v) is 9.59. The minimum Gasteiger partial charge on any atom is -0.444 e. The largest absolute Gasteiger partial charge is 0.492 e. The van der Waals surface area contributed by atoms with Gasteiger partial charge in [-0.15, -0.1) is 0 Å². The van der Waals surface area contributed by atoms with Gasteiger partial charge in [0.15, 0.2) is 0 Å². The van der Waals surface area contributed by atoms with Gasteiger partial charge in [-0.25, -0.2) is 4.79 Å². The summed E-state index contributed by atoms with van der Waals surface area (Å²) in [5.74, 6) is 0. The first-order chi connectivity index (χ1) is 12.7. The third kappa shape index (κ3) is 5.52. The number of hydrogen-bond donors (Lipinski definition) is 2. The maximum atomic E-state index is 12.1. The van der Waals surface area contributed by atoms with Gasteiger partial charge < -0.3 is 25.1 Å². The van der Waals surface area contributed by atoms with E-state index in [-0.39, 0.29) is 6.54 Å². The molecular weight excluding hydrogens is 355 g/mol. The molecule has 0 atom stereocenters. The van der Waals surface area contributed by atoms with Gasteiger partial charge in [-0.1, -0.05) is 23.8 Å². The van der Waals surface area contributed by atoms with Crippen molar-refractivity contribution >= 4 is 25.0 Å². The quantitative estimate of drug-likeness (QED) is 0.599. The minimum atomic E-state index is -0.597. The topological polar surface area (TPSA) is 82.8 Å². The second kappa shape index (κ2) is 7.80. The summed E-state index contributed by atoms with van der Waals surface area (Å²) in [6.45, 7) is 15.7. The van der Waals surface area contributed by atoms with E-state index in [0.29, 0.717) is 5.69 Å². The van der Waals surface area contributed by atoms with Crippen molar-refractivity contribution in [2.24, 2.45) is 0 Å². The number of carbonyl (C=O) groups excluding carboxylic acids is 1. The van der Waals surface area contributed by atoms with Crippen LogP contribution in [0.15, 0.2) is 23.7 Å². The SMILES string of the molecule is Cc1ccc(N)c(C=C(CNC(=O)OC(C)(C)C)B2OC(C)(C)C(C)(C)O2)c1. The van der Waals surface area contributed by atoms with Crippen LogP contribution in [0.4, 0.5) is 10.5 Å². The molecule has 1 fully saturated rings. The number of hydrogen-bond acceptors (Lipinski definition) is 5. The molecule has 6 nitrogen and oxygen atoms in total. The number of nitrogen functional groups attached to an aromatic ring is 1. The van der Waals surface area contributed by atoms with Gasteiger partial charge in [0.25, 0.3) is 0 Å². The lowest BCUT2D eigenvalue weighted by Gasteiger charge is -2.32. The van der Waals surface area contributed by atoms with E-state index < -0.39 is 30.0 Å². The molecule has 7 heteroatoms. The zero-order valence-electron chi connectivity index (χ0n) is 18.3. The Morgan fingerprint density at radius 1 is 1.21 bits per heavy atom. The van der Waals surface area contributed by atoms with Crippen LogP contribution in [-0.4, -0.2) is 36.6 Å². The normalized spacial score (nSPS) is 18.9. The average molecular weight is 388 g/mol. The molecule has 0 aromatic heterocycles. The Morgan fingerprint density at radius 2 is 1.79 bits per heavy atom. The van der Waals surface area contributed by atoms with E-state index in [0.717, 1.165) is 16.6 Å². The van der Waals surface area contributed by atoms with Gasteiger partial charge in [-0.2, -0.15) is 0 Å². The summed E-state index contributed by atoms with van der Waals surface area (Å²) in [5.41, 5.74) is 7.97. The van der Waals surface area contributed by atoms with Gasteiger partial charge in [-0.05, 0) is 72.5 Å². The fourth-order valence-corrected chi connectivity index (χ4v) is 2.70. The molecule has 1 saturated heterocycles. The van der Waals surface area contributed by atoms with Crippen molar-refractivity contribution in [3.05, 3.63) is 34.8 Å². The highest BCUT2D eigenvalue weighted by molar-refractivity contribution is 6.56. The fourth-order valence-electron chi connectivity index (χ4n) is 2.70. The van der Waals surface area contributed by atoms with Crippen LogP contribution >= 0.6 is 0 Å². The summed E-state index contributed by atoms with van der Waals surface area (Å²) in [6, 6.07) is 5.82. The van der Waals surface area contributed by atoms with Gasteiger partial charge in [0.05, 0.1) is 11.2 Å². The standard InChI is InChI=1S/C21H33BN2O4/c1-14-9-10-17(23)15(11-14)12-16(13-24-18(25)26-19(2,3)4)22-27-20(5,6)21(7,8)28-22/h9-12H,13,23H2,1-8H3,(H,24,25). The summed E-state index contributed by atoms with van der Waals surface area (Å²) < 4.78 is 17.7. The highest BCUT2D eigenvalue weighted by Crippen LogP contribution is 2.39. The van der Waals surface area contributed by atoms with Crippen molar-refractivity contribution in [2.45, 2.75) is 72.2 Å². The summed E-state index contributed by atoms with van der Waals surface area (Å²) >= 11 is 0. The van der Waals surface area contributed by atoms with Crippen LogP contribution in [0.25, 0.3) is 6.08 Å². The number of amides is 1. The number of ether oxygens (including phenoxy) is 1. The summed E-state index contributed by atoms with van der Waals surface area (Å²) in [6.07, 6.45) is 1.43. The number of benzene rings is 1. The molecule has 0 bridgehead atoms. The van der Waals surface area contributed by atoms with Crippen molar-refractivity contribution in [2.75, 3.05) is 12.3 Å². The first-order valence-electron chi connectivity index (χ1n) is 9.59. The van der Waals surface area contributed by atoms with Crippen LogP contribution in [0.2, 0.25) is 0 Å². The van der Waals surface area contributed by atoms with E-state index in [9.17, 15) is 4.79 Å². The van der Waals surface area contributed by atoms with Gasteiger partial charge in [0.1, 0.15) is 5.60 Å². The Hall–Kier alpha value is -1.99. The van der Waals surface area contributed by atoms with Crippen LogP contribution in [0.5, 0.6) is 0 Å². The zero-order valence-corrected chi connectivity index (χ0v) is 18.3. The number of nitrogens with one attached hydrogen (secondary N) is 1. The lowest BCUT2D eigenvalue weighted by molar-refractivity contribution is 0.00578. The summed E-state index contributed by atoms with van der Waals surface area (Å²) in [7, 11) is -0.597. The molecule has 1 aliphatic rings. The highest BCUT2D eigenvalue weighted by atomic mass is 16.7. The molecule has 154 valence electrons. The predicted octanol–water partition coefficient (Wildman–Crippen LogP) is 4.12. The third-order valence-electron chi connectivity index (χ3n) is 4.97. The molecule has 1 aromatic rings. The number of aryl methyl sites for hydroxylation is 1. The first kappa shape index (κ1) is 22.3. The molecule has 0 radical (unpaired) electrons. The van der Waals surface area contributed by atoms with Gasteiger partial charge >= 0.3 is 13.2 Å². The Balaban J connectivity index is 2.30. The lowest BCUT2D eigenvalue weighted by atomic mass is 9.76. The van der Waals surface area contributed by atoms with Crippen molar-refractivity contribution in [3.63, 3.8) is 0 Å². The fraction of sp³-hybridized carbons (Fsp3) is 0.571. The Bertz CT molecular complexity index is 750. The third-order valence-corrected chi connectivity index (χ3v) is 4.97. The summed E-state index contributed by atoms with van der Waals surface area (Å²) in [4.78, 5) is 12.1. The number of rotatable bonds is 4. The Kier molecular flexibility index (Phi) is 6.21. The number of carbonyl (C=O) groups is 1. The molecule has 28 heavy (non-hydrogen) atoms. The predicted molar refractivity (Wildman–Crippen MR) is 114 cm³/mol. The zero-order chi connectivity index (χ0) is 21.3. The second-order valence-corrected chi connectivity index (χ2v) is 9.30. The van der Waals surface area contributed by atoms with Gasteiger partial charge in [-0.3, -0.25) is 0 Å². The van der Waals surface area contributed by atoms with Crippen molar-refractivity contribution < 1.29 is 18.8 Å². The number of anilines is 1. The van der Waals surface area contributed by atoms with E-state index >= 15 is 0 Å². The molecule has 1 aliphatic heterocycles. The molecule has 1 aromatic carbocycles. The highest BCUT2D eigenvalue weighted by Gasteiger charge is 2.52. The van der Waals surface area contributed by atoms with E-state index in [4.69, 9.17) is 19.8 Å². The maximum absolute atomic E-state index is 12.1. The molecule has 2 rings (SSSR count). The van der Waals surface area contributed by atoms with E-state index in [1.54, 1.807) is 0 Å². The van der Waals surface area contributed by atoms with Crippen LogP contribution in [0, 0.1) is 6.92 Å². The van der Waals surface area contributed by atoms with E-state index in [1.807, 2.05) is 79.7 Å². The molecule has 0 unspecified atom stereocenters. The van der Waals surface area contributed by atoms with Gasteiger partial charge in [0.2, 0.25) is 0 Å². The van der Waals surface area contributed by atoms with E-state index in [1.165, 1.54) is 0 Å². The summed E-state index contributed by atoms with van der Waals surface area (Å²) in [5, 5.41) is 2.79. The Morgan fingerprint density at radius 3 is 2.32 bits per heavy atom. The van der Waals surface area contributed by atoms with Crippen molar-refractivity contribution in [1.82, 2.24) is 5.32 Å². The smallest absolute Gasteiger partial charge is 0.444 e. The molecule has 1 heterocycles. The average Bonchev–Trinajstić information content (AvgIpc) is 2.73. The van der Waals surface area contributed by atoms with E-state index in [2.05, 4.69) is 5.32 Å². The van der Waals surface area contributed by atoms with Crippen LogP contribution in [0.1, 0.15) is 59.6 Å². The molecular formula is C21H33BN2O4. The minimum absolute atomic E-state index is 0.221. The monoisotopic (exact) mass is 388 g/mol. The second-order valence-electron chi connectivity index (χ2n) is 9.30. The Labute approximate surface area is 168 Å². The van der Waals surface area contributed by atoms with Crippen molar-refractivity contribution in [3.8, 4) is 0 Å². The molecule has 0 aliphatic carbocycles. The van der Waals surface area contributed by atoms with Crippen LogP contribution in [0.3, 0.4) is 0 Å².